The third kappa shape index (κ3) is 105. The van der Waals surface area contributed by atoms with Crippen LogP contribution in [0.3, 0.4) is 0 Å². The van der Waals surface area contributed by atoms with Crippen LogP contribution in [-0.2, 0) is 43.4 Å². The average Bonchev–Trinajstić information content (AvgIpc) is 3.43. The Kier molecular flexibility index (Phi) is 111. The Morgan fingerprint density at radius 3 is 0.372 bits per heavy atom. The van der Waals surface area contributed by atoms with Gasteiger partial charge < -0.3 is 20.4 Å². The van der Waals surface area contributed by atoms with Crippen LogP contribution in [0.25, 0.3) is 0 Å². The molecule has 0 N–H and O–H groups in total. The Morgan fingerprint density at radius 1 is 0.154 bits per heavy atom. The normalized spacial score (nSPS) is 11.2. The van der Waals surface area contributed by atoms with Crippen LogP contribution in [0.15, 0.2) is 48.6 Å². The molecule has 0 aliphatic carbocycles. The maximum atomic E-state index is 10.3. The van der Waals surface area contributed by atoms with E-state index in [0.29, 0.717) is 0 Å². The molecule has 0 saturated heterocycles. The fourth-order valence-corrected chi connectivity index (χ4v) is 9.40. The molecular weight excluding hydrogens is 1020 g/mol. The number of hydrogen-bond donors (Lipinski definition) is 0. The summed E-state index contributed by atoms with van der Waals surface area (Å²) in [5, 5.41) is 41.0. The number of hydrogen-bond acceptors (Lipinski definition) is 4. The van der Waals surface area contributed by atoms with Gasteiger partial charge in [0.05, 0.1) is 0 Å². The molecule has 0 rings (SSSR count). The molecule has 0 aliphatic heterocycles. The van der Waals surface area contributed by atoms with Crippen molar-refractivity contribution in [2.45, 2.75) is 387 Å². The zero-order valence-corrected chi connectivity index (χ0v) is 56.8. The van der Waals surface area contributed by atoms with Gasteiger partial charge in [0.15, 0.2) is 0 Å². The number of rotatable bonds is 60. The van der Waals surface area contributed by atoms with Gasteiger partial charge >= 0.3 is 43.4 Å². The molecule has 0 heterocycles. The minimum Gasteiger partial charge on any atom is -0.854 e. The van der Waals surface area contributed by atoms with Crippen LogP contribution >= 0.6 is 0 Å². The van der Waals surface area contributed by atoms with Gasteiger partial charge in [-0.25, -0.2) is 0 Å². The Labute approximate surface area is 522 Å². The predicted molar refractivity (Wildman–Crippen MR) is 337 cm³/mol. The quantitative estimate of drug-likeness (QED) is 0.0345. The van der Waals surface area contributed by atoms with Crippen LogP contribution < -0.4 is 20.4 Å². The second-order valence-corrected chi connectivity index (χ2v) is 22.6. The summed E-state index contributed by atoms with van der Waals surface area (Å²) in [6, 6.07) is 0. The SMILES string of the molecule is CCCCCCCC/C=C\CCCCCCCC[O-].CCCCCCCC/C=C\CCCCCCCC[O-].CCCCCCCC/C=C\CCCCCCCC[O-].CCCCCCCC/C=C\CCCCCCCC[O-].[Ti+2].[Ti+2]. The monoisotopic (exact) mass is 1160 g/mol. The van der Waals surface area contributed by atoms with Gasteiger partial charge in [-0.2, -0.15) is 0 Å². The van der Waals surface area contributed by atoms with Crippen LogP contribution in [0.2, 0.25) is 0 Å². The van der Waals surface area contributed by atoms with Gasteiger partial charge in [-0.05, 0) is 103 Å². The molecule has 4 nitrogen and oxygen atoms in total. The molecule has 0 aliphatic rings. The van der Waals surface area contributed by atoms with Crippen LogP contribution in [0.1, 0.15) is 387 Å². The molecule has 0 unspecified atom stereocenters. The summed E-state index contributed by atoms with van der Waals surface area (Å²) in [5.41, 5.74) is 0. The van der Waals surface area contributed by atoms with Crippen LogP contribution in [0, 0.1) is 0 Å². The summed E-state index contributed by atoms with van der Waals surface area (Å²) >= 11 is 0. The van der Waals surface area contributed by atoms with Gasteiger partial charge in [-0.1, -0.05) is 333 Å². The van der Waals surface area contributed by atoms with E-state index < -0.39 is 0 Å². The standard InChI is InChI=1S/4C18H35O.2Ti/c4*1-2-3-4-5-6-7-8-9-10-11-12-13-14-15-16-17-18-19;;/h4*9-10H,2-8,11-18H2,1H3;;/q4*-1;2*+2/b4*10-9-;;. The molecule has 0 aromatic rings. The van der Waals surface area contributed by atoms with Gasteiger partial charge in [-0.3, -0.25) is 0 Å². The first-order valence-corrected chi connectivity index (χ1v) is 34.6. The smallest absolute Gasteiger partial charge is 0.854 e. The zero-order chi connectivity index (χ0) is 56.1. The topological polar surface area (TPSA) is 92.2 Å². The van der Waals surface area contributed by atoms with E-state index in [2.05, 4.69) is 76.3 Å². The summed E-state index contributed by atoms with van der Waals surface area (Å²) in [5.74, 6) is 0. The molecular formula is C72H140O4Ti2. The van der Waals surface area contributed by atoms with E-state index in [1.165, 1.54) is 308 Å². The number of unbranched alkanes of at least 4 members (excludes halogenated alkanes) is 48. The minimum atomic E-state index is 0. The summed E-state index contributed by atoms with van der Waals surface area (Å²) in [6.07, 6.45) is 91.5. The summed E-state index contributed by atoms with van der Waals surface area (Å²) < 4.78 is 0. The van der Waals surface area contributed by atoms with Crippen LogP contribution in [0.4, 0.5) is 0 Å². The Hall–Kier alpha value is 0.229. The molecule has 0 fully saturated rings. The minimum absolute atomic E-state index is 0. The molecule has 0 aromatic heterocycles. The summed E-state index contributed by atoms with van der Waals surface area (Å²) in [7, 11) is 0. The molecule has 0 spiro atoms. The maximum Gasteiger partial charge on any atom is 2.00 e. The van der Waals surface area contributed by atoms with E-state index in [9.17, 15) is 20.4 Å². The van der Waals surface area contributed by atoms with E-state index >= 15 is 0 Å². The van der Waals surface area contributed by atoms with Gasteiger partial charge in [0, 0.05) is 0 Å². The average molecular weight is 1170 g/mol. The Morgan fingerprint density at radius 2 is 0.256 bits per heavy atom. The van der Waals surface area contributed by atoms with E-state index in [4.69, 9.17) is 0 Å². The molecule has 460 valence electrons. The van der Waals surface area contributed by atoms with Crippen LogP contribution in [0.5, 0.6) is 0 Å². The van der Waals surface area contributed by atoms with Gasteiger partial charge in [-0.15, -0.1) is 26.4 Å². The van der Waals surface area contributed by atoms with Gasteiger partial charge in [0.1, 0.15) is 0 Å². The number of allylic oxidation sites excluding steroid dienone is 8. The van der Waals surface area contributed by atoms with Crippen molar-refractivity contribution in [2.75, 3.05) is 26.4 Å². The molecule has 0 saturated carbocycles. The molecule has 6 heteroatoms. The van der Waals surface area contributed by atoms with E-state index in [1.807, 2.05) is 0 Å². The fourth-order valence-electron chi connectivity index (χ4n) is 9.40. The van der Waals surface area contributed by atoms with Crippen molar-refractivity contribution in [1.29, 1.82) is 0 Å². The third-order valence-corrected chi connectivity index (χ3v) is 14.6. The molecule has 0 amide bonds. The first-order valence-electron chi connectivity index (χ1n) is 34.6. The fraction of sp³-hybridized carbons (Fsp3) is 0.889. The van der Waals surface area contributed by atoms with Crippen molar-refractivity contribution in [3.8, 4) is 0 Å². The third-order valence-electron chi connectivity index (χ3n) is 14.6. The van der Waals surface area contributed by atoms with Crippen molar-refractivity contribution in [2.24, 2.45) is 0 Å². The van der Waals surface area contributed by atoms with Crippen LogP contribution in [-0.4, -0.2) is 26.4 Å². The first kappa shape index (κ1) is 89.4. The molecule has 0 radical (unpaired) electrons. The predicted octanol–water partition coefficient (Wildman–Crippen LogP) is 21.5. The molecule has 78 heavy (non-hydrogen) atoms. The summed E-state index contributed by atoms with van der Waals surface area (Å²) in [4.78, 5) is 0. The zero-order valence-electron chi connectivity index (χ0n) is 53.7. The maximum absolute atomic E-state index is 10.3. The van der Waals surface area contributed by atoms with Gasteiger partial charge in [0.2, 0.25) is 0 Å². The molecule has 0 aromatic carbocycles. The van der Waals surface area contributed by atoms with Crippen molar-refractivity contribution < 1.29 is 63.9 Å². The van der Waals surface area contributed by atoms with Crippen molar-refractivity contribution >= 4 is 0 Å². The van der Waals surface area contributed by atoms with E-state index in [-0.39, 0.29) is 69.9 Å². The van der Waals surface area contributed by atoms with Gasteiger partial charge in [0.25, 0.3) is 0 Å². The Balaban J connectivity index is -0.000000220. The second-order valence-electron chi connectivity index (χ2n) is 22.6. The van der Waals surface area contributed by atoms with E-state index in [0.717, 1.165) is 51.4 Å². The second kappa shape index (κ2) is 96.4. The molecule has 0 bridgehead atoms. The largest absolute Gasteiger partial charge is 2.00 e. The van der Waals surface area contributed by atoms with Crippen molar-refractivity contribution in [3.63, 3.8) is 0 Å². The summed E-state index contributed by atoms with van der Waals surface area (Å²) in [6.45, 7) is 9.53. The van der Waals surface area contributed by atoms with E-state index in [1.54, 1.807) is 0 Å². The Bertz CT molecular complexity index is 872. The van der Waals surface area contributed by atoms with Crippen molar-refractivity contribution in [3.05, 3.63) is 48.6 Å². The van der Waals surface area contributed by atoms with Crippen molar-refractivity contribution in [1.82, 2.24) is 0 Å². The first-order chi connectivity index (χ1) is 37.7. The molecule has 0 atom stereocenters.